The molecule has 0 radical (unpaired) electrons. The number of sulfonamides is 1. The van der Waals surface area contributed by atoms with E-state index in [0.717, 1.165) is 34.1 Å². The van der Waals surface area contributed by atoms with Crippen LogP contribution in [0.3, 0.4) is 0 Å². The number of halogens is 1. The highest BCUT2D eigenvalue weighted by Gasteiger charge is 2.70. The second-order valence-corrected chi connectivity index (χ2v) is 9.17. The van der Waals surface area contributed by atoms with Crippen molar-refractivity contribution in [3.63, 3.8) is 0 Å². The molecule has 14 heteroatoms. The molecule has 1 fully saturated rings. The van der Waals surface area contributed by atoms with Gasteiger partial charge in [-0.25, -0.2) is 22.3 Å². The minimum atomic E-state index is -4.10. The Balaban J connectivity index is 3.90. The second-order valence-electron chi connectivity index (χ2n) is 7.39. The van der Waals surface area contributed by atoms with Crippen molar-refractivity contribution < 1.29 is 55.7 Å². The Morgan fingerprint density at radius 1 is 1.12 bits per heavy atom. The smallest absolute Gasteiger partial charge is 0.383 e. The molecule has 32 heavy (non-hydrogen) atoms. The molecule has 1 rings (SSSR count). The summed E-state index contributed by atoms with van der Waals surface area (Å²) in [5.74, 6) is -7.60. The number of nitrogens with one attached hydrogen (secondary N) is 1. The third-order valence-corrected chi connectivity index (χ3v) is 5.38. The molecule has 0 aliphatic carbocycles. The third kappa shape index (κ3) is 5.92. The molecule has 1 aliphatic rings. The van der Waals surface area contributed by atoms with Crippen LogP contribution in [-0.4, -0.2) is 81.5 Å². The first-order valence-electron chi connectivity index (χ1n) is 9.48. The van der Waals surface area contributed by atoms with Crippen molar-refractivity contribution in [3.05, 3.63) is 0 Å². The zero-order valence-electron chi connectivity index (χ0n) is 18.8. The van der Waals surface area contributed by atoms with Gasteiger partial charge >= 0.3 is 29.7 Å². The van der Waals surface area contributed by atoms with Crippen LogP contribution in [-0.2, 0) is 52.9 Å². The van der Waals surface area contributed by atoms with Gasteiger partial charge in [0.1, 0.15) is 11.7 Å². The molecular weight excluding hydrogens is 457 g/mol. The normalized spacial score (nSPS) is 31.2. The second kappa shape index (κ2) is 10.1. The van der Waals surface area contributed by atoms with E-state index in [2.05, 4.69) is 9.46 Å². The van der Waals surface area contributed by atoms with Crippen LogP contribution < -0.4 is 4.72 Å². The molecule has 1 N–H and O–H groups in total. The highest BCUT2D eigenvalue weighted by Crippen LogP contribution is 2.44. The van der Waals surface area contributed by atoms with Crippen molar-refractivity contribution in [2.45, 2.75) is 76.8 Å². The van der Waals surface area contributed by atoms with Crippen molar-refractivity contribution in [2.24, 2.45) is 0 Å². The summed E-state index contributed by atoms with van der Waals surface area (Å²) in [7, 11) is -3.23. The van der Waals surface area contributed by atoms with Crippen LogP contribution in [0.25, 0.3) is 0 Å². The average molecular weight is 485 g/mol. The SMILES string of the molecule is CC[C@@H](OC(C)=O)[C@@]1(C)O[C@@](OC(C)=O)(C(=O)OC)C(F)[C@@H](OC(C)=O)[C@H]1NS(C)(=O)=O. The number of alkyl halides is 1. The van der Waals surface area contributed by atoms with Crippen molar-refractivity contribution in [2.75, 3.05) is 13.4 Å². The van der Waals surface area contributed by atoms with Crippen LogP contribution in [0.1, 0.15) is 41.0 Å². The van der Waals surface area contributed by atoms with Crippen LogP contribution in [0, 0.1) is 0 Å². The van der Waals surface area contributed by atoms with Gasteiger partial charge in [-0.05, 0) is 13.3 Å². The monoisotopic (exact) mass is 485 g/mol. The van der Waals surface area contributed by atoms with E-state index < -0.39 is 69.7 Å². The Labute approximate surface area is 185 Å². The van der Waals surface area contributed by atoms with E-state index in [9.17, 15) is 27.6 Å². The van der Waals surface area contributed by atoms with E-state index in [1.165, 1.54) is 13.8 Å². The molecule has 184 valence electrons. The van der Waals surface area contributed by atoms with Crippen LogP contribution in [0.4, 0.5) is 4.39 Å². The first-order valence-corrected chi connectivity index (χ1v) is 11.4. The molecule has 0 spiro atoms. The third-order valence-electron chi connectivity index (χ3n) is 4.70. The van der Waals surface area contributed by atoms with Gasteiger partial charge in [0.25, 0.3) is 0 Å². The fraction of sp³-hybridized carbons (Fsp3) is 0.778. The Kier molecular flexibility index (Phi) is 8.73. The molecule has 1 saturated heterocycles. The number of carbonyl (C=O) groups is 4. The lowest BCUT2D eigenvalue weighted by Gasteiger charge is -2.54. The number of rotatable bonds is 8. The maximum Gasteiger partial charge on any atom is 0.383 e. The maximum atomic E-state index is 15.8. The number of ether oxygens (including phenoxy) is 5. The lowest BCUT2D eigenvalue weighted by Crippen LogP contribution is -2.78. The van der Waals surface area contributed by atoms with E-state index in [1.54, 1.807) is 0 Å². The molecule has 1 heterocycles. The number of hydrogen-bond acceptors (Lipinski definition) is 11. The molecular formula is C18H28FNO11S. The number of hydrogen-bond donors (Lipinski definition) is 1. The zero-order valence-corrected chi connectivity index (χ0v) is 19.6. The van der Waals surface area contributed by atoms with Crippen LogP contribution in [0.5, 0.6) is 0 Å². The topological polar surface area (TPSA) is 161 Å². The van der Waals surface area contributed by atoms with Gasteiger partial charge in [0.15, 0.2) is 6.10 Å². The molecule has 12 nitrogen and oxygen atoms in total. The standard InChI is InChI=1S/C18H28FNO11S/c1-8-12(28-9(2)21)17(5)15(20-32(7,25)26)13(29-10(3)22)14(19)18(31-17,16(24)27-6)30-11(4)23/h12-15,20H,8H2,1-7H3/t12-,13-,14?,15-,17-,18-/m1/s1. The molecule has 0 aromatic rings. The highest BCUT2D eigenvalue weighted by atomic mass is 32.2. The molecule has 0 aromatic heterocycles. The van der Waals surface area contributed by atoms with Gasteiger partial charge in [-0.3, -0.25) is 14.4 Å². The molecule has 0 bridgehead atoms. The summed E-state index contributed by atoms with van der Waals surface area (Å²) < 4.78 is 67.5. The van der Waals surface area contributed by atoms with Crippen LogP contribution >= 0.6 is 0 Å². The predicted molar refractivity (Wildman–Crippen MR) is 104 cm³/mol. The summed E-state index contributed by atoms with van der Waals surface area (Å²) >= 11 is 0. The van der Waals surface area contributed by atoms with E-state index in [0.29, 0.717) is 0 Å². The zero-order chi connectivity index (χ0) is 25.1. The Morgan fingerprint density at radius 2 is 1.69 bits per heavy atom. The summed E-state index contributed by atoms with van der Waals surface area (Å²) in [5.41, 5.74) is -2.09. The van der Waals surface area contributed by atoms with Crippen molar-refractivity contribution in [1.82, 2.24) is 4.72 Å². The minimum Gasteiger partial charge on any atom is -0.464 e. The quantitative estimate of drug-likeness (QED) is 0.356. The first-order chi connectivity index (χ1) is 14.5. The van der Waals surface area contributed by atoms with Crippen molar-refractivity contribution >= 4 is 33.9 Å². The van der Waals surface area contributed by atoms with Gasteiger partial charge in [-0.2, -0.15) is 0 Å². The first kappa shape index (κ1) is 27.7. The fourth-order valence-corrected chi connectivity index (χ4v) is 4.42. The van der Waals surface area contributed by atoms with Crippen molar-refractivity contribution in [1.29, 1.82) is 0 Å². The lowest BCUT2D eigenvalue weighted by molar-refractivity contribution is -0.349. The molecule has 1 unspecified atom stereocenters. The molecule has 0 amide bonds. The fourth-order valence-electron chi connectivity index (χ4n) is 3.59. The maximum absolute atomic E-state index is 15.8. The summed E-state index contributed by atoms with van der Waals surface area (Å²) in [5, 5.41) is 0. The lowest BCUT2D eigenvalue weighted by atomic mass is 9.78. The molecule has 6 atom stereocenters. The van der Waals surface area contributed by atoms with Gasteiger partial charge < -0.3 is 23.7 Å². The van der Waals surface area contributed by atoms with Crippen molar-refractivity contribution in [3.8, 4) is 0 Å². The number of carbonyl (C=O) groups excluding carboxylic acids is 4. The summed E-state index contributed by atoms with van der Waals surface area (Å²) in [6.45, 7) is 5.58. The average Bonchev–Trinajstić information content (AvgIpc) is 2.64. The van der Waals surface area contributed by atoms with E-state index in [4.69, 9.17) is 18.9 Å². The molecule has 0 aromatic carbocycles. The minimum absolute atomic E-state index is 0.0148. The summed E-state index contributed by atoms with van der Waals surface area (Å²) in [6, 6.07) is -1.71. The highest BCUT2D eigenvalue weighted by molar-refractivity contribution is 7.88. The number of esters is 4. The Morgan fingerprint density at radius 3 is 2.06 bits per heavy atom. The van der Waals surface area contributed by atoms with Gasteiger partial charge in [0.05, 0.1) is 19.4 Å². The van der Waals surface area contributed by atoms with Gasteiger partial charge in [0.2, 0.25) is 16.2 Å². The van der Waals surface area contributed by atoms with E-state index >= 15 is 4.39 Å². The summed E-state index contributed by atoms with van der Waals surface area (Å²) in [6.07, 6.45) is -5.36. The van der Waals surface area contributed by atoms with E-state index in [1.807, 2.05) is 0 Å². The summed E-state index contributed by atoms with van der Waals surface area (Å²) in [4.78, 5) is 47.8. The van der Waals surface area contributed by atoms with Gasteiger partial charge in [-0.15, -0.1) is 0 Å². The number of methoxy groups -OCH3 is 1. The Hall–Kier alpha value is -2.32. The van der Waals surface area contributed by atoms with Crippen LogP contribution in [0.15, 0.2) is 0 Å². The molecule has 1 aliphatic heterocycles. The van der Waals surface area contributed by atoms with Crippen LogP contribution in [0.2, 0.25) is 0 Å². The van der Waals surface area contributed by atoms with Gasteiger partial charge in [-0.1, -0.05) is 6.92 Å². The predicted octanol–water partition coefficient (Wildman–Crippen LogP) is -0.263. The largest absolute Gasteiger partial charge is 0.464 e. The molecule has 0 saturated carbocycles. The Bertz CT molecular complexity index is 863. The van der Waals surface area contributed by atoms with Gasteiger partial charge in [0, 0.05) is 20.8 Å². The van der Waals surface area contributed by atoms with E-state index in [-0.39, 0.29) is 6.42 Å².